The first kappa shape index (κ1) is 15.1. The van der Waals surface area contributed by atoms with Crippen molar-refractivity contribution in [1.82, 2.24) is 14.9 Å². The third-order valence-electron chi connectivity index (χ3n) is 4.78. The summed E-state index contributed by atoms with van der Waals surface area (Å²) in [6.45, 7) is 1.68. The largest absolute Gasteiger partial charge is 0.342 e. The monoisotopic (exact) mass is 322 g/mol. The Balaban J connectivity index is 1.47. The second kappa shape index (κ2) is 6.59. The number of piperidine rings is 1. The number of rotatable bonds is 4. The van der Waals surface area contributed by atoms with Crippen LogP contribution in [0.3, 0.4) is 0 Å². The van der Waals surface area contributed by atoms with Crippen molar-refractivity contribution in [3.05, 3.63) is 48.3 Å². The molecule has 0 unspecified atom stereocenters. The molecular weight excluding hydrogens is 300 g/mol. The van der Waals surface area contributed by atoms with E-state index < -0.39 is 0 Å². The van der Waals surface area contributed by atoms with Gasteiger partial charge in [0.1, 0.15) is 0 Å². The number of benzene rings is 1. The van der Waals surface area contributed by atoms with Crippen LogP contribution in [0, 0.1) is 5.92 Å². The Labute approximate surface area is 142 Å². The molecule has 1 saturated heterocycles. The topological polar surface area (TPSA) is 58.1 Å². The summed E-state index contributed by atoms with van der Waals surface area (Å²) in [7, 11) is 0. The fourth-order valence-electron chi connectivity index (χ4n) is 3.32. The van der Waals surface area contributed by atoms with Crippen LogP contribution in [0.5, 0.6) is 0 Å². The van der Waals surface area contributed by atoms with Gasteiger partial charge in [-0.1, -0.05) is 18.2 Å². The van der Waals surface area contributed by atoms with E-state index in [0.717, 1.165) is 50.2 Å². The van der Waals surface area contributed by atoms with Crippen LogP contribution in [0.25, 0.3) is 0 Å². The first-order valence-corrected chi connectivity index (χ1v) is 8.73. The zero-order valence-corrected chi connectivity index (χ0v) is 13.7. The van der Waals surface area contributed by atoms with Gasteiger partial charge in [0.15, 0.2) is 0 Å². The van der Waals surface area contributed by atoms with Gasteiger partial charge in [-0.3, -0.25) is 4.79 Å². The lowest BCUT2D eigenvalue weighted by atomic mass is 9.94. The smallest absolute Gasteiger partial charge is 0.227 e. The van der Waals surface area contributed by atoms with E-state index in [9.17, 15) is 4.79 Å². The SMILES string of the molecule is O=C(C1CC1)N1CCC[C@@H](c2ccnc(Nc3ccccc3)n2)C1. The van der Waals surface area contributed by atoms with Crippen LogP contribution in [0.1, 0.15) is 37.3 Å². The first-order chi connectivity index (χ1) is 11.8. The predicted octanol–water partition coefficient (Wildman–Crippen LogP) is 3.34. The zero-order chi connectivity index (χ0) is 16.4. The van der Waals surface area contributed by atoms with E-state index in [4.69, 9.17) is 0 Å². The highest BCUT2D eigenvalue weighted by Crippen LogP contribution is 2.34. The van der Waals surface area contributed by atoms with Gasteiger partial charge >= 0.3 is 0 Å². The minimum absolute atomic E-state index is 0.296. The normalized spacial score (nSPS) is 20.7. The van der Waals surface area contributed by atoms with Crippen molar-refractivity contribution in [3.8, 4) is 0 Å². The summed E-state index contributed by atoms with van der Waals surface area (Å²) < 4.78 is 0. The number of carbonyl (C=O) groups is 1. The van der Waals surface area contributed by atoms with Gasteiger partial charge in [-0.25, -0.2) is 9.97 Å². The van der Waals surface area contributed by atoms with Crippen molar-refractivity contribution in [2.75, 3.05) is 18.4 Å². The summed E-state index contributed by atoms with van der Waals surface area (Å²) in [4.78, 5) is 23.4. The Hall–Kier alpha value is -2.43. The Morgan fingerprint density at radius 1 is 1.12 bits per heavy atom. The Morgan fingerprint density at radius 3 is 2.75 bits per heavy atom. The van der Waals surface area contributed by atoms with Gasteiger partial charge in [0.25, 0.3) is 0 Å². The van der Waals surface area contributed by atoms with Crippen LogP contribution in [-0.4, -0.2) is 33.9 Å². The maximum atomic E-state index is 12.3. The molecule has 1 aliphatic heterocycles. The second-order valence-corrected chi connectivity index (χ2v) is 6.69. The molecule has 5 nitrogen and oxygen atoms in total. The second-order valence-electron chi connectivity index (χ2n) is 6.69. The molecule has 2 fully saturated rings. The van der Waals surface area contributed by atoms with Crippen molar-refractivity contribution in [2.45, 2.75) is 31.6 Å². The maximum Gasteiger partial charge on any atom is 0.227 e. The summed E-state index contributed by atoms with van der Waals surface area (Å²) in [6, 6.07) is 11.9. The summed E-state index contributed by atoms with van der Waals surface area (Å²) in [5.74, 6) is 1.56. The molecule has 1 aromatic heterocycles. The number of likely N-dealkylation sites (tertiary alicyclic amines) is 1. The standard InChI is InChI=1S/C19H22N4O/c24-18(14-8-9-14)23-12-4-5-15(13-23)17-10-11-20-19(22-17)21-16-6-2-1-3-7-16/h1-3,6-7,10-11,14-15H,4-5,8-9,12-13H2,(H,20,21,22)/t15-/m1/s1. The Morgan fingerprint density at radius 2 is 1.96 bits per heavy atom. The average molecular weight is 322 g/mol. The van der Waals surface area contributed by atoms with Crippen molar-refractivity contribution in [1.29, 1.82) is 0 Å². The summed E-state index contributed by atoms with van der Waals surface area (Å²) in [6.07, 6.45) is 6.07. The van der Waals surface area contributed by atoms with E-state index in [1.807, 2.05) is 41.3 Å². The van der Waals surface area contributed by atoms with Gasteiger partial charge in [-0.05, 0) is 43.9 Å². The molecule has 24 heavy (non-hydrogen) atoms. The molecule has 0 spiro atoms. The van der Waals surface area contributed by atoms with E-state index >= 15 is 0 Å². The number of para-hydroxylation sites is 1. The molecule has 0 bridgehead atoms. The van der Waals surface area contributed by atoms with E-state index in [-0.39, 0.29) is 0 Å². The third kappa shape index (κ3) is 3.40. The number of aromatic nitrogens is 2. The molecule has 1 saturated carbocycles. The molecule has 1 amide bonds. The predicted molar refractivity (Wildman–Crippen MR) is 93.0 cm³/mol. The molecule has 5 heteroatoms. The minimum atomic E-state index is 0.296. The molecule has 1 aromatic carbocycles. The average Bonchev–Trinajstić information content (AvgIpc) is 3.47. The highest BCUT2D eigenvalue weighted by molar-refractivity contribution is 5.81. The fourth-order valence-corrected chi connectivity index (χ4v) is 3.32. The molecule has 1 aliphatic carbocycles. The van der Waals surface area contributed by atoms with Gasteiger partial charge in [-0.2, -0.15) is 0 Å². The number of carbonyl (C=O) groups excluding carboxylic acids is 1. The third-order valence-corrected chi connectivity index (χ3v) is 4.78. The molecule has 4 rings (SSSR count). The molecule has 2 heterocycles. The van der Waals surface area contributed by atoms with E-state index in [1.165, 1.54) is 0 Å². The number of amides is 1. The molecular formula is C19H22N4O. The number of hydrogen-bond donors (Lipinski definition) is 1. The number of hydrogen-bond acceptors (Lipinski definition) is 4. The van der Waals surface area contributed by atoms with Crippen LogP contribution < -0.4 is 5.32 Å². The number of nitrogens with one attached hydrogen (secondary N) is 1. The number of anilines is 2. The van der Waals surface area contributed by atoms with Gasteiger partial charge < -0.3 is 10.2 Å². The van der Waals surface area contributed by atoms with Crippen molar-refractivity contribution >= 4 is 17.5 Å². The summed E-state index contributed by atoms with van der Waals surface area (Å²) >= 11 is 0. The number of nitrogens with zero attached hydrogens (tertiary/aromatic N) is 3. The quantitative estimate of drug-likeness (QED) is 0.938. The van der Waals surface area contributed by atoms with Crippen LogP contribution in [0.15, 0.2) is 42.6 Å². The zero-order valence-electron chi connectivity index (χ0n) is 13.7. The summed E-state index contributed by atoms with van der Waals surface area (Å²) in [5, 5.41) is 3.24. The van der Waals surface area contributed by atoms with Gasteiger partial charge in [0, 0.05) is 36.8 Å². The molecule has 1 atom stereocenters. The van der Waals surface area contributed by atoms with E-state index in [0.29, 0.717) is 23.7 Å². The van der Waals surface area contributed by atoms with Crippen molar-refractivity contribution in [2.24, 2.45) is 5.92 Å². The highest BCUT2D eigenvalue weighted by atomic mass is 16.2. The first-order valence-electron chi connectivity index (χ1n) is 8.73. The molecule has 2 aliphatic rings. The Bertz CT molecular complexity index is 714. The fraction of sp³-hybridized carbons (Fsp3) is 0.421. The molecule has 0 radical (unpaired) electrons. The van der Waals surface area contributed by atoms with Crippen molar-refractivity contribution in [3.63, 3.8) is 0 Å². The maximum absolute atomic E-state index is 12.3. The van der Waals surface area contributed by atoms with Crippen LogP contribution >= 0.6 is 0 Å². The molecule has 124 valence electrons. The molecule has 2 aromatic rings. The lowest BCUT2D eigenvalue weighted by molar-refractivity contribution is -0.133. The minimum Gasteiger partial charge on any atom is -0.342 e. The van der Waals surface area contributed by atoms with Crippen LogP contribution in [-0.2, 0) is 4.79 Å². The lowest BCUT2D eigenvalue weighted by Crippen LogP contribution is -2.40. The lowest BCUT2D eigenvalue weighted by Gasteiger charge is -2.32. The Kier molecular flexibility index (Phi) is 4.15. The van der Waals surface area contributed by atoms with Gasteiger partial charge in [0.2, 0.25) is 11.9 Å². The van der Waals surface area contributed by atoms with Crippen LogP contribution in [0.4, 0.5) is 11.6 Å². The van der Waals surface area contributed by atoms with Crippen LogP contribution in [0.2, 0.25) is 0 Å². The van der Waals surface area contributed by atoms with Crippen molar-refractivity contribution < 1.29 is 4.79 Å². The van der Waals surface area contributed by atoms with E-state index in [2.05, 4.69) is 15.3 Å². The van der Waals surface area contributed by atoms with Gasteiger partial charge in [0.05, 0.1) is 5.69 Å². The van der Waals surface area contributed by atoms with E-state index in [1.54, 1.807) is 6.20 Å². The highest BCUT2D eigenvalue weighted by Gasteiger charge is 2.35. The summed E-state index contributed by atoms with van der Waals surface area (Å²) in [5.41, 5.74) is 2.00. The van der Waals surface area contributed by atoms with Gasteiger partial charge in [-0.15, -0.1) is 0 Å². The molecule has 1 N–H and O–H groups in total.